The molecule has 1 heterocycles. The summed E-state index contributed by atoms with van der Waals surface area (Å²) in [4.78, 5) is 11.5. The molecule has 2 nitrogen and oxygen atoms in total. The molecule has 1 amide bonds. The van der Waals surface area contributed by atoms with Crippen molar-refractivity contribution in [2.45, 2.75) is 18.2 Å². The van der Waals surface area contributed by atoms with Crippen LogP contribution in [0.15, 0.2) is 18.2 Å². The lowest BCUT2D eigenvalue weighted by atomic mass is 9.97. The van der Waals surface area contributed by atoms with E-state index in [9.17, 15) is 13.6 Å². The lowest BCUT2D eigenvalue weighted by Crippen LogP contribution is -2.31. The fourth-order valence-corrected chi connectivity index (χ4v) is 1.88. The second kappa shape index (κ2) is 4.37. The highest BCUT2D eigenvalue weighted by molar-refractivity contribution is 6.21. The van der Waals surface area contributed by atoms with Gasteiger partial charge in [0.15, 0.2) is 0 Å². The smallest absolute Gasteiger partial charge is 0.258 e. The minimum Gasteiger partial charge on any atom is -0.352 e. The van der Waals surface area contributed by atoms with Crippen molar-refractivity contribution in [2.24, 2.45) is 0 Å². The molecule has 2 rings (SSSR count). The molecule has 0 spiro atoms. The normalized spacial score (nSPS) is 16.9. The third-order valence-electron chi connectivity index (χ3n) is 2.60. The highest BCUT2D eigenvalue weighted by atomic mass is 35.5. The van der Waals surface area contributed by atoms with Crippen LogP contribution in [0.1, 0.15) is 26.9 Å². The van der Waals surface area contributed by atoms with Crippen LogP contribution in [-0.2, 0) is 6.42 Å². The fourth-order valence-electron chi connectivity index (χ4n) is 1.75. The quantitative estimate of drug-likeness (QED) is 0.797. The molecule has 1 aliphatic rings. The molecule has 1 N–H and O–H groups in total. The highest BCUT2D eigenvalue weighted by Gasteiger charge is 2.23. The Balaban J connectivity index is 2.37. The van der Waals surface area contributed by atoms with Gasteiger partial charge in [0, 0.05) is 12.1 Å². The molecule has 0 saturated heterocycles. The Morgan fingerprint density at radius 2 is 2.12 bits per heavy atom. The summed E-state index contributed by atoms with van der Waals surface area (Å²) < 4.78 is 24.8. The minimum atomic E-state index is -2.63. The number of amides is 1. The maximum atomic E-state index is 12.4. The molecule has 0 fully saturated rings. The molecular weight excluding hydrogens is 236 g/mol. The van der Waals surface area contributed by atoms with Crippen LogP contribution in [0.5, 0.6) is 0 Å². The van der Waals surface area contributed by atoms with Crippen LogP contribution in [0, 0.1) is 0 Å². The van der Waals surface area contributed by atoms with E-state index in [2.05, 4.69) is 5.32 Å². The van der Waals surface area contributed by atoms with Crippen LogP contribution < -0.4 is 5.32 Å². The van der Waals surface area contributed by atoms with E-state index in [1.54, 1.807) is 12.1 Å². The summed E-state index contributed by atoms with van der Waals surface area (Å²) in [6.45, 7) is 0.588. The molecule has 0 bridgehead atoms. The Kier molecular flexibility index (Phi) is 3.10. The number of nitrogens with one attached hydrogen (secondary N) is 1. The van der Waals surface area contributed by atoms with E-state index >= 15 is 0 Å². The maximum absolute atomic E-state index is 12.4. The average molecular weight is 246 g/mol. The lowest BCUT2D eigenvalue weighted by molar-refractivity contribution is 0.0945. The summed E-state index contributed by atoms with van der Waals surface area (Å²) in [5.74, 6) is -0.221. The van der Waals surface area contributed by atoms with Gasteiger partial charge in [0.05, 0.1) is 0 Å². The molecule has 0 saturated carbocycles. The van der Waals surface area contributed by atoms with E-state index in [0.717, 1.165) is 12.0 Å². The van der Waals surface area contributed by atoms with E-state index in [-0.39, 0.29) is 11.5 Å². The van der Waals surface area contributed by atoms with Crippen molar-refractivity contribution < 1.29 is 13.6 Å². The molecule has 0 aromatic heterocycles. The Morgan fingerprint density at radius 3 is 2.81 bits per heavy atom. The summed E-state index contributed by atoms with van der Waals surface area (Å²) in [6, 6.07) is 4.70. The van der Waals surface area contributed by atoms with E-state index in [1.807, 2.05) is 0 Å². The molecule has 1 atom stereocenters. The van der Waals surface area contributed by atoms with Crippen molar-refractivity contribution in [1.29, 1.82) is 0 Å². The second-order valence-corrected chi connectivity index (χ2v) is 4.13. The maximum Gasteiger partial charge on any atom is 0.258 e. The molecular formula is C11H10ClF2NO. The van der Waals surface area contributed by atoms with Crippen LogP contribution in [0.2, 0.25) is 0 Å². The SMILES string of the molecule is O=C1NCCc2ccc(C(Cl)C(F)F)cc21. The Morgan fingerprint density at radius 1 is 1.38 bits per heavy atom. The number of halogens is 3. The fraction of sp³-hybridized carbons (Fsp3) is 0.364. The van der Waals surface area contributed by atoms with Gasteiger partial charge in [-0.3, -0.25) is 4.79 Å². The van der Waals surface area contributed by atoms with Crippen LogP contribution in [-0.4, -0.2) is 18.9 Å². The van der Waals surface area contributed by atoms with Crippen LogP contribution in [0.3, 0.4) is 0 Å². The highest BCUT2D eigenvalue weighted by Crippen LogP contribution is 2.29. The lowest BCUT2D eigenvalue weighted by Gasteiger charge is -2.18. The number of carbonyl (C=O) groups is 1. The van der Waals surface area contributed by atoms with Gasteiger partial charge in [-0.05, 0) is 23.6 Å². The molecule has 0 radical (unpaired) electrons. The van der Waals surface area contributed by atoms with Gasteiger partial charge in [-0.15, -0.1) is 11.6 Å². The van der Waals surface area contributed by atoms with Crippen molar-refractivity contribution >= 4 is 17.5 Å². The van der Waals surface area contributed by atoms with Crippen LogP contribution >= 0.6 is 11.6 Å². The number of fused-ring (bicyclic) bond motifs is 1. The average Bonchev–Trinajstić information content (AvgIpc) is 2.28. The first-order valence-electron chi connectivity index (χ1n) is 4.93. The predicted molar refractivity (Wildman–Crippen MR) is 57.1 cm³/mol. The largest absolute Gasteiger partial charge is 0.352 e. The third-order valence-corrected chi connectivity index (χ3v) is 3.04. The molecule has 5 heteroatoms. The number of alkyl halides is 3. The van der Waals surface area contributed by atoms with E-state index in [1.165, 1.54) is 6.07 Å². The summed E-state index contributed by atoms with van der Waals surface area (Å²) in [5, 5.41) is 1.30. The third kappa shape index (κ3) is 2.02. The van der Waals surface area contributed by atoms with Gasteiger partial charge in [-0.2, -0.15) is 0 Å². The van der Waals surface area contributed by atoms with Crippen LogP contribution in [0.25, 0.3) is 0 Å². The van der Waals surface area contributed by atoms with E-state index in [4.69, 9.17) is 11.6 Å². The zero-order valence-electron chi connectivity index (χ0n) is 8.34. The number of hydrogen-bond donors (Lipinski definition) is 1. The van der Waals surface area contributed by atoms with Crippen molar-refractivity contribution in [1.82, 2.24) is 5.32 Å². The first-order valence-corrected chi connectivity index (χ1v) is 5.36. The molecule has 0 aliphatic carbocycles. The monoisotopic (exact) mass is 245 g/mol. The minimum absolute atomic E-state index is 0.221. The van der Waals surface area contributed by atoms with Crippen molar-refractivity contribution in [3.8, 4) is 0 Å². The second-order valence-electron chi connectivity index (χ2n) is 3.66. The standard InChI is InChI=1S/C11H10ClF2NO/c12-9(10(13)14)7-2-1-6-3-4-15-11(16)8(6)5-7/h1-2,5,9-10H,3-4H2,(H,15,16). The number of benzene rings is 1. The predicted octanol–water partition coefficient (Wildman–Crippen LogP) is 2.52. The number of rotatable bonds is 2. The summed E-state index contributed by atoms with van der Waals surface area (Å²) in [5.41, 5.74) is 1.62. The van der Waals surface area contributed by atoms with E-state index < -0.39 is 11.8 Å². The Labute approximate surface area is 96.6 Å². The molecule has 1 aliphatic heterocycles. The first kappa shape index (κ1) is 11.3. The topological polar surface area (TPSA) is 29.1 Å². The van der Waals surface area contributed by atoms with Gasteiger partial charge < -0.3 is 5.32 Å². The zero-order chi connectivity index (χ0) is 11.7. The van der Waals surface area contributed by atoms with Crippen molar-refractivity contribution in [2.75, 3.05) is 6.54 Å². The zero-order valence-corrected chi connectivity index (χ0v) is 9.10. The molecule has 1 unspecified atom stereocenters. The molecule has 1 aromatic carbocycles. The van der Waals surface area contributed by atoms with Gasteiger partial charge in [0.2, 0.25) is 0 Å². The molecule has 16 heavy (non-hydrogen) atoms. The number of hydrogen-bond acceptors (Lipinski definition) is 1. The van der Waals surface area contributed by atoms with Gasteiger partial charge >= 0.3 is 0 Å². The summed E-state index contributed by atoms with van der Waals surface area (Å²) in [6.07, 6.45) is -1.91. The van der Waals surface area contributed by atoms with Gasteiger partial charge in [-0.1, -0.05) is 12.1 Å². The van der Waals surface area contributed by atoms with Gasteiger partial charge in [0.25, 0.3) is 12.3 Å². The first-order chi connectivity index (χ1) is 7.59. The van der Waals surface area contributed by atoms with Crippen molar-refractivity contribution in [3.63, 3.8) is 0 Å². The van der Waals surface area contributed by atoms with Crippen LogP contribution in [0.4, 0.5) is 8.78 Å². The Hall–Kier alpha value is -1.16. The molecule has 86 valence electrons. The van der Waals surface area contributed by atoms with Gasteiger partial charge in [-0.25, -0.2) is 8.78 Å². The summed E-state index contributed by atoms with van der Waals surface area (Å²) >= 11 is 5.55. The number of carbonyl (C=O) groups excluding carboxylic acids is 1. The van der Waals surface area contributed by atoms with Crippen molar-refractivity contribution in [3.05, 3.63) is 34.9 Å². The van der Waals surface area contributed by atoms with E-state index in [0.29, 0.717) is 12.1 Å². The molecule has 1 aromatic rings. The summed E-state index contributed by atoms with van der Waals surface area (Å²) in [7, 11) is 0. The Bertz CT molecular complexity index is 422. The van der Waals surface area contributed by atoms with Gasteiger partial charge in [0.1, 0.15) is 5.38 Å².